The molecule has 0 bridgehead atoms. The van der Waals surface area contributed by atoms with Crippen LogP contribution >= 0.6 is 0 Å². The summed E-state index contributed by atoms with van der Waals surface area (Å²) in [5.74, 6) is 0. The number of pyridine rings is 2. The third-order valence-electron chi connectivity index (χ3n) is 5.67. The van der Waals surface area contributed by atoms with Crippen molar-refractivity contribution in [1.82, 2.24) is 0 Å². The highest BCUT2D eigenvalue weighted by Gasteiger charge is 2.11. The topological polar surface area (TPSA) is 7.76 Å². The third-order valence-corrected chi connectivity index (χ3v) is 5.67. The summed E-state index contributed by atoms with van der Waals surface area (Å²) in [5, 5.41) is 0. The van der Waals surface area contributed by atoms with E-state index in [0.29, 0.717) is 0 Å². The Kier molecular flexibility index (Phi) is 17.9. The second-order valence-corrected chi connectivity index (χ2v) is 8.21. The van der Waals surface area contributed by atoms with Gasteiger partial charge in [0.05, 0.1) is 9.35 Å². The van der Waals surface area contributed by atoms with E-state index in [4.69, 9.17) is 0 Å². The number of nitrogens with zero attached hydrogens (tertiary/aromatic N) is 2. The lowest BCUT2D eigenvalue weighted by molar-refractivity contribution is -1.30. The highest BCUT2D eigenvalue weighted by Crippen LogP contribution is 2.10. The van der Waals surface area contributed by atoms with E-state index in [1.807, 2.05) is 0 Å². The summed E-state index contributed by atoms with van der Waals surface area (Å²) in [4.78, 5) is 0. The van der Waals surface area contributed by atoms with Gasteiger partial charge in [0.25, 0.3) is 0 Å². The number of aromatic nitrogens is 2. The Labute approximate surface area is 197 Å². The minimum atomic E-state index is 0. The molecule has 30 heavy (non-hydrogen) atoms. The van der Waals surface area contributed by atoms with Crippen molar-refractivity contribution in [1.29, 1.82) is 0 Å². The van der Waals surface area contributed by atoms with E-state index in [1.54, 1.807) is 0 Å². The zero-order chi connectivity index (χ0) is 19.9. The van der Waals surface area contributed by atoms with E-state index in [9.17, 15) is 0 Å². The summed E-state index contributed by atoms with van der Waals surface area (Å²) in [6.07, 6.45) is 27.5. The third kappa shape index (κ3) is 11.9. The number of hydrogen-bond donors (Lipinski definition) is 0. The van der Waals surface area contributed by atoms with Crippen LogP contribution in [0.4, 0.5) is 0 Å². The van der Waals surface area contributed by atoms with Gasteiger partial charge in [-0.05, 0) is 36.8 Å². The first-order valence-corrected chi connectivity index (χ1v) is 11.8. The molecule has 0 aliphatic heterocycles. The first kappa shape index (κ1) is 28.9. The van der Waals surface area contributed by atoms with Crippen molar-refractivity contribution in [2.45, 2.75) is 104 Å². The van der Waals surface area contributed by atoms with E-state index in [0.717, 1.165) is 0 Å². The number of hydrogen-bond acceptors (Lipinski definition) is 0. The fraction of sp³-hybridized carbons (Fsp3) is 0.615. The average molecular weight is 454 g/mol. The lowest BCUT2D eigenvalue weighted by Crippen LogP contribution is -3.00. The second kappa shape index (κ2) is 18.6. The zero-order valence-electron chi connectivity index (χ0n) is 19.2. The van der Waals surface area contributed by atoms with Crippen LogP contribution in [0.5, 0.6) is 0 Å². The highest BCUT2D eigenvalue weighted by atomic mass is 35.5. The highest BCUT2D eigenvalue weighted by molar-refractivity contribution is 5.08. The molecule has 0 atom stereocenters. The van der Waals surface area contributed by atoms with Gasteiger partial charge in [-0.25, -0.2) is 0 Å². The van der Waals surface area contributed by atoms with Crippen LogP contribution in [0.3, 0.4) is 0 Å². The maximum atomic E-state index is 2.28. The molecule has 0 spiro atoms. The SMILES string of the molecule is CCCCCCCCc1cc[n+](-[n+]2ccc(CCCCCCCC)cc2)cc1.[Cl-].[Cl-]. The van der Waals surface area contributed by atoms with E-state index in [1.165, 1.54) is 101 Å². The van der Waals surface area contributed by atoms with Crippen LogP contribution in [-0.4, -0.2) is 0 Å². The van der Waals surface area contributed by atoms with Crippen LogP contribution in [0.25, 0.3) is 0 Å². The number of halogens is 2. The Morgan fingerprint density at radius 3 is 1.10 bits per heavy atom. The molecule has 2 aromatic rings. The van der Waals surface area contributed by atoms with E-state index in [-0.39, 0.29) is 24.8 Å². The van der Waals surface area contributed by atoms with Crippen molar-refractivity contribution >= 4 is 0 Å². The van der Waals surface area contributed by atoms with Crippen molar-refractivity contribution < 1.29 is 34.2 Å². The summed E-state index contributed by atoms with van der Waals surface area (Å²) < 4.78 is 4.30. The molecular weight excluding hydrogens is 411 g/mol. The van der Waals surface area contributed by atoms with Crippen molar-refractivity contribution in [3.05, 3.63) is 60.2 Å². The molecule has 2 rings (SSSR count). The van der Waals surface area contributed by atoms with Crippen LogP contribution < -0.4 is 34.2 Å². The van der Waals surface area contributed by atoms with Gasteiger partial charge in [-0.15, -0.1) is 0 Å². The van der Waals surface area contributed by atoms with E-state index >= 15 is 0 Å². The van der Waals surface area contributed by atoms with Crippen LogP contribution in [0.2, 0.25) is 0 Å². The van der Waals surface area contributed by atoms with Crippen LogP contribution in [0.1, 0.15) is 102 Å². The minimum absolute atomic E-state index is 0. The van der Waals surface area contributed by atoms with Gasteiger partial charge >= 0.3 is 0 Å². The molecule has 0 unspecified atom stereocenters. The largest absolute Gasteiger partial charge is 1.00 e. The molecule has 0 aliphatic carbocycles. The first-order valence-electron chi connectivity index (χ1n) is 11.8. The van der Waals surface area contributed by atoms with Crippen molar-refractivity contribution in [3.8, 4) is 0 Å². The Bertz CT molecular complexity index is 569. The smallest absolute Gasteiger partial charge is 0.242 e. The van der Waals surface area contributed by atoms with Gasteiger partial charge < -0.3 is 24.8 Å². The molecule has 0 amide bonds. The van der Waals surface area contributed by atoms with Gasteiger partial charge in [-0.3, -0.25) is 0 Å². The minimum Gasteiger partial charge on any atom is -1.00 e. The van der Waals surface area contributed by atoms with Gasteiger partial charge in [0.2, 0.25) is 24.8 Å². The molecule has 0 aromatic carbocycles. The van der Waals surface area contributed by atoms with Gasteiger partial charge in [0.15, 0.2) is 0 Å². The number of unbranched alkanes of at least 4 members (excludes halogenated alkanes) is 10. The van der Waals surface area contributed by atoms with Crippen molar-refractivity contribution in [2.24, 2.45) is 0 Å². The summed E-state index contributed by atoms with van der Waals surface area (Å²) in [5.41, 5.74) is 2.90. The molecule has 0 radical (unpaired) electrons. The standard InChI is InChI=1S/C26H42N2.2ClH/c1-3-5-7-9-11-13-15-25-17-21-27(22-18-25)28-23-19-26(20-24-28)16-14-12-10-8-6-4-2;;/h17-24H,3-16H2,1-2H3;2*1H/q+2;;/p-2. The molecule has 0 aliphatic rings. The maximum Gasteiger partial charge on any atom is 0.242 e. The average Bonchev–Trinajstić information content (AvgIpc) is 2.74. The first-order chi connectivity index (χ1) is 13.8. The predicted molar refractivity (Wildman–Crippen MR) is 118 cm³/mol. The molecule has 2 aromatic heterocycles. The zero-order valence-corrected chi connectivity index (χ0v) is 20.7. The number of aryl methyl sites for hydroxylation is 2. The summed E-state index contributed by atoms with van der Waals surface area (Å²) in [7, 11) is 0. The molecule has 4 heteroatoms. The van der Waals surface area contributed by atoms with Gasteiger partial charge in [-0.2, -0.15) is 0 Å². The fourth-order valence-electron chi connectivity index (χ4n) is 3.76. The van der Waals surface area contributed by atoms with Gasteiger partial charge in [-0.1, -0.05) is 78.1 Å². The van der Waals surface area contributed by atoms with E-state index < -0.39 is 0 Å². The van der Waals surface area contributed by atoms with Gasteiger partial charge in [0, 0.05) is 24.3 Å². The van der Waals surface area contributed by atoms with E-state index in [2.05, 4.69) is 72.3 Å². The molecule has 2 nitrogen and oxygen atoms in total. The summed E-state index contributed by atoms with van der Waals surface area (Å²) >= 11 is 0. The normalized spacial score (nSPS) is 10.3. The Morgan fingerprint density at radius 2 is 0.767 bits per heavy atom. The molecular formula is C26H42Cl2N2. The lowest BCUT2D eigenvalue weighted by Gasteiger charge is -2.01. The molecule has 0 fully saturated rings. The fourth-order valence-corrected chi connectivity index (χ4v) is 3.76. The molecule has 2 heterocycles. The van der Waals surface area contributed by atoms with Gasteiger partial charge in [0.1, 0.15) is 0 Å². The molecule has 0 saturated carbocycles. The predicted octanol–water partition coefficient (Wildman–Crippen LogP) is 0.387. The molecule has 170 valence electrons. The summed E-state index contributed by atoms with van der Waals surface area (Å²) in [6.45, 7) is 4.56. The van der Waals surface area contributed by atoms with Crippen molar-refractivity contribution in [2.75, 3.05) is 0 Å². The number of rotatable bonds is 15. The van der Waals surface area contributed by atoms with Crippen LogP contribution in [0.15, 0.2) is 49.1 Å². The lowest BCUT2D eigenvalue weighted by atomic mass is 10.1. The Morgan fingerprint density at radius 1 is 0.467 bits per heavy atom. The van der Waals surface area contributed by atoms with Crippen LogP contribution in [0, 0.1) is 0 Å². The Balaban J connectivity index is 0.00000420. The van der Waals surface area contributed by atoms with Crippen molar-refractivity contribution in [3.63, 3.8) is 0 Å². The maximum absolute atomic E-state index is 2.28. The molecule has 0 saturated heterocycles. The summed E-state index contributed by atoms with van der Waals surface area (Å²) in [6, 6.07) is 9.07. The Hall–Kier alpha value is -1.12. The molecule has 0 N–H and O–H groups in total. The monoisotopic (exact) mass is 452 g/mol. The van der Waals surface area contributed by atoms with Crippen LogP contribution in [-0.2, 0) is 12.8 Å². The second-order valence-electron chi connectivity index (χ2n) is 8.21. The quantitative estimate of drug-likeness (QED) is 0.272.